The fourth-order valence-electron chi connectivity index (χ4n) is 1.46. The van der Waals surface area contributed by atoms with Crippen molar-refractivity contribution >= 4 is 5.70 Å². The molecule has 0 unspecified atom stereocenters. The maximum atomic E-state index is 5.24. The zero-order valence-corrected chi connectivity index (χ0v) is 9.36. The number of furan rings is 1. The summed E-state index contributed by atoms with van der Waals surface area (Å²) in [6.45, 7) is 6.74. The van der Waals surface area contributed by atoms with Crippen LogP contribution in [0.5, 0.6) is 0 Å². The summed E-state index contributed by atoms with van der Waals surface area (Å²) < 4.78 is 5.24. The summed E-state index contributed by atoms with van der Waals surface area (Å²) in [5.74, 6) is 0.910. The zero-order chi connectivity index (χ0) is 11.4. The first-order valence-electron chi connectivity index (χ1n) is 5.28. The molecule has 0 aliphatic rings. The lowest BCUT2D eigenvalue weighted by Gasteiger charge is -2.08. The summed E-state index contributed by atoms with van der Waals surface area (Å²) in [6.07, 6.45) is 1.67. The Morgan fingerprint density at radius 1 is 1.25 bits per heavy atom. The smallest absolute Gasteiger partial charge is 0.122 e. The zero-order valence-electron chi connectivity index (χ0n) is 9.36. The molecular formula is C14H15NO. The van der Waals surface area contributed by atoms with E-state index in [1.54, 1.807) is 6.26 Å². The number of benzene rings is 1. The summed E-state index contributed by atoms with van der Waals surface area (Å²) in [4.78, 5) is 0. The monoisotopic (exact) mass is 213 g/mol. The quantitative estimate of drug-likeness (QED) is 0.842. The molecule has 16 heavy (non-hydrogen) atoms. The molecule has 2 aromatic rings. The molecule has 82 valence electrons. The van der Waals surface area contributed by atoms with E-state index in [9.17, 15) is 0 Å². The summed E-state index contributed by atoms with van der Waals surface area (Å²) in [5.41, 5.74) is 3.27. The second-order valence-corrected chi connectivity index (χ2v) is 3.78. The van der Waals surface area contributed by atoms with Crippen molar-refractivity contribution in [2.24, 2.45) is 0 Å². The molecule has 1 aromatic carbocycles. The topological polar surface area (TPSA) is 25.2 Å². The highest BCUT2D eigenvalue weighted by atomic mass is 16.3. The average Bonchev–Trinajstić information content (AvgIpc) is 2.80. The van der Waals surface area contributed by atoms with Crippen LogP contribution in [0.4, 0.5) is 0 Å². The van der Waals surface area contributed by atoms with Gasteiger partial charge in [-0.15, -0.1) is 0 Å². The highest BCUT2D eigenvalue weighted by molar-refractivity contribution is 5.61. The van der Waals surface area contributed by atoms with Gasteiger partial charge in [0.05, 0.1) is 12.8 Å². The lowest BCUT2D eigenvalue weighted by molar-refractivity contribution is 0.501. The summed E-state index contributed by atoms with van der Waals surface area (Å²) >= 11 is 0. The molecule has 0 amide bonds. The lowest BCUT2D eigenvalue weighted by Crippen LogP contribution is -2.10. The van der Waals surface area contributed by atoms with Gasteiger partial charge in [0.2, 0.25) is 0 Å². The predicted molar refractivity (Wildman–Crippen MR) is 65.8 cm³/mol. The first kappa shape index (κ1) is 10.6. The maximum absolute atomic E-state index is 5.24. The molecule has 0 bridgehead atoms. The van der Waals surface area contributed by atoms with E-state index in [1.807, 2.05) is 12.1 Å². The van der Waals surface area contributed by atoms with E-state index in [0.717, 1.165) is 17.0 Å². The third-order valence-electron chi connectivity index (χ3n) is 2.46. The van der Waals surface area contributed by atoms with Crippen molar-refractivity contribution in [3.05, 3.63) is 66.1 Å². The van der Waals surface area contributed by atoms with Crippen LogP contribution < -0.4 is 5.32 Å². The van der Waals surface area contributed by atoms with E-state index >= 15 is 0 Å². The first-order valence-corrected chi connectivity index (χ1v) is 5.28. The maximum Gasteiger partial charge on any atom is 0.122 e. The molecular weight excluding hydrogens is 198 g/mol. The fraction of sp³-hybridized carbons (Fsp3) is 0.143. The molecule has 0 radical (unpaired) electrons. The molecule has 0 atom stereocenters. The van der Waals surface area contributed by atoms with Gasteiger partial charge < -0.3 is 9.73 Å². The van der Waals surface area contributed by atoms with Gasteiger partial charge in [-0.05, 0) is 24.6 Å². The van der Waals surface area contributed by atoms with E-state index in [2.05, 4.69) is 43.1 Å². The van der Waals surface area contributed by atoms with Crippen LogP contribution in [0.15, 0.2) is 53.7 Å². The molecule has 2 rings (SSSR count). The van der Waals surface area contributed by atoms with Crippen molar-refractivity contribution in [3.8, 4) is 0 Å². The van der Waals surface area contributed by atoms with Crippen LogP contribution in [-0.2, 0) is 6.54 Å². The standard InChI is InChI=1S/C14H15NO/c1-11-5-7-13(8-6-11)12(2)15-10-14-4-3-9-16-14/h3-9,15H,2,10H2,1H3. The number of hydrogen-bond acceptors (Lipinski definition) is 2. The highest BCUT2D eigenvalue weighted by Crippen LogP contribution is 2.11. The van der Waals surface area contributed by atoms with Crippen LogP contribution >= 0.6 is 0 Å². The van der Waals surface area contributed by atoms with E-state index in [-0.39, 0.29) is 0 Å². The molecule has 1 heterocycles. The van der Waals surface area contributed by atoms with Crippen molar-refractivity contribution in [1.29, 1.82) is 0 Å². The Hall–Kier alpha value is -1.96. The number of nitrogens with one attached hydrogen (secondary N) is 1. The third-order valence-corrected chi connectivity index (χ3v) is 2.46. The summed E-state index contributed by atoms with van der Waals surface area (Å²) in [7, 11) is 0. The molecule has 0 saturated carbocycles. The van der Waals surface area contributed by atoms with Gasteiger partial charge in [-0.2, -0.15) is 0 Å². The van der Waals surface area contributed by atoms with Crippen LogP contribution in [0.1, 0.15) is 16.9 Å². The van der Waals surface area contributed by atoms with Gasteiger partial charge in [0.1, 0.15) is 5.76 Å². The van der Waals surface area contributed by atoms with E-state index in [4.69, 9.17) is 4.42 Å². The van der Waals surface area contributed by atoms with E-state index in [1.165, 1.54) is 5.56 Å². The largest absolute Gasteiger partial charge is 0.467 e. The Morgan fingerprint density at radius 2 is 2.00 bits per heavy atom. The van der Waals surface area contributed by atoms with Crippen molar-refractivity contribution < 1.29 is 4.42 Å². The number of rotatable bonds is 4. The van der Waals surface area contributed by atoms with Crippen LogP contribution in [0.25, 0.3) is 5.70 Å². The number of aryl methyl sites for hydroxylation is 1. The third kappa shape index (κ3) is 2.54. The Balaban J connectivity index is 1.95. The SMILES string of the molecule is C=C(NCc1ccco1)c1ccc(C)cc1. The Morgan fingerprint density at radius 3 is 2.62 bits per heavy atom. The van der Waals surface area contributed by atoms with Gasteiger partial charge in [-0.25, -0.2) is 0 Å². The molecule has 2 nitrogen and oxygen atoms in total. The van der Waals surface area contributed by atoms with Gasteiger partial charge in [-0.3, -0.25) is 0 Å². The molecule has 0 aliphatic heterocycles. The van der Waals surface area contributed by atoms with E-state index in [0.29, 0.717) is 6.54 Å². The molecule has 2 heteroatoms. The van der Waals surface area contributed by atoms with Gasteiger partial charge in [0, 0.05) is 5.70 Å². The normalized spacial score (nSPS) is 10.1. The van der Waals surface area contributed by atoms with Crippen molar-refractivity contribution in [1.82, 2.24) is 5.32 Å². The Labute approximate surface area is 95.6 Å². The molecule has 0 saturated heterocycles. The minimum atomic E-state index is 0.666. The van der Waals surface area contributed by atoms with Gasteiger partial charge in [0.15, 0.2) is 0 Å². The van der Waals surface area contributed by atoms with Crippen LogP contribution in [-0.4, -0.2) is 0 Å². The molecule has 1 N–H and O–H groups in total. The van der Waals surface area contributed by atoms with Gasteiger partial charge >= 0.3 is 0 Å². The second-order valence-electron chi connectivity index (χ2n) is 3.78. The summed E-state index contributed by atoms with van der Waals surface area (Å²) in [6, 6.07) is 12.1. The van der Waals surface area contributed by atoms with Crippen LogP contribution in [0.3, 0.4) is 0 Å². The van der Waals surface area contributed by atoms with Gasteiger partial charge in [0.25, 0.3) is 0 Å². The lowest BCUT2D eigenvalue weighted by atomic mass is 10.1. The van der Waals surface area contributed by atoms with Crippen LogP contribution in [0, 0.1) is 6.92 Å². The molecule has 0 fully saturated rings. The first-order chi connectivity index (χ1) is 7.75. The van der Waals surface area contributed by atoms with E-state index < -0.39 is 0 Å². The molecule has 0 aliphatic carbocycles. The minimum absolute atomic E-state index is 0.666. The van der Waals surface area contributed by atoms with Gasteiger partial charge in [-0.1, -0.05) is 36.4 Å². The van der Waals surface area contributed by atoms with Crippen molar-refractivity contribution in [2.75, 3.05) is 0 Å². The molecule has 0 spiro atoms. The predicted octanol–water partition coefficient (Wildman–Crippen LogP) is 3.35. The Bertz CT molecular complexity index is 454. The number of hydrogen-bond donors (Lipinski definition) is 1. The highest BCUT2D eigenvalue weighted by Gasteiger charge is 1.99. The van der Waals surface area contributed by atoms with Crippen LogP contribution in [0.2, 0.25) is 0 Å². The van der Waals surface area contributed by atoms with Crippen molar-refractivity contribution in [3.63, 3.8) is 0 Å². The second kappa shape index (κ2) is 4.71. The Kier molecular flexibility index (Phi) is 3.10. The van der Waals surface area contributed by atoms with Crippen molar-refractivity contribution in [2.45, 2.75) is 13.5 Å². The average molecular weight is 213 g/mol. The molecule has 1 aromatic heterocycles. The minimum Gasteiger partial charge on any atom is -0.467 e. The summed E-state index contributed by atoms with van der Waals surface area (Å²) in [5, 5.41) is 3.23. The fourth-order valence-corrected chi connectivity index (χ4v) is 1.46.